The number of esters is 1. The summed E-state index contributed by atoms with van der Waals surface area (Å²) in [4.78, 5) is 21.8. The van der Waals surface area contributed by atoms with E-state index in [9.17, 15) is 9.59 Å². The topological polar surface area (TPSA) is 72.8 Å². The fourth-order valence-electron chi connectivity index (χ4n) is 4.74. The fourth-order valence-corrected chi connectivity index (χ4v) is 4.74. The highest BCUT2D eigenvalue weighted by molar-refractivity contribution is 5.67. The second-order valence-corrected chi connectivity index (χ2v) is 6.34. The van der Waals surface area contributed by atoms with Gasteiger partial charge in [-0.05, 0) is 44.4 Å². The molecule has 0 spiro atoms. The molecule has 0 bridgehead atoms. The number of carboxylic acid groups (broad SMARTS) is 1. The third kappa shape index (κ3) is 1.52. The van der Waals surface area contributed by atoms with Gasteiger partial charge in [0.25, 0.3) is 0 Å². The highest BCUT2D eigenvalue weighted by Crippen LogP contribution is 2.69. The second-order valence-electron chi connectivity index (χ2n) is 6.34. The Bertz CT molecular complexity index is 400. The van der Waals surface area contributed by atoms with Crippen molar-refractivity contribution in [1.82, 2.24) is 0 Å². The highest BCUT2D eigenvalue weighted by Gasteiger charge is 2.71. The van der Waals surface area contributed by atoms with Gasteiger partial charge in [0.2, 0.25) is 0 Å². The number of rotatable bonds is 2. The quantitative estimate of drug-likeness (QED) is 0.765. The van der Waals surface area contributed by atoms with Crippen molar-refractivity contribution in [3.05, 3.63) is 0 Å². The zero-order valence-corrected chi connectivity index (χ0v) is 10.6. The van der Waals surface area contributed by atoms with Gasteiger partial charge in [-0.3, -0.25) is 4.79 Å². The van der Waals surface area contributed by atoms with Gasteiger partial charge in [-0.2, -0.15) is 0 Å². The van der Waals surface area contributed by atoms with E-state index in [-0.39, 0.29) is 11.6 Å². The summed E-state index contributed by atoms with van der Waals surface area (Å²) in [7, 11) is 0. The van der Waals surface area contributed by atoms with Crippen molar-refractivity contribution in [2.75, 3.05) is 0 Å². The van der Waals surface area contributed by atoms with Crippen LogP contribution in [0.4, 0.5) is 4.79 Å². The van der Waals surface area contributed by atoms with Crippen LogP contribution < -0.4 is 0 Å². The molecule has 3 aliphatic rings. The third-order valence-electron chi connectivity index (χ3n) is 4.91. The van der Waals surface area contributed by atoms with Crippen LogP contribution in [0.5, 0.6) is 0 Å². The summed E-state index contributed by atoms with van der Waals surface area (Å²) in [5, 5.41) is 8.78. The van der Waals surface area contributed by atoms with Crippen molar-refractivity contribution >= 4 is 12.1 Å². The largest absolute Gasteiger partial charge is 0.506 e. The summed E-state index contributed by atoms with van der Waals surface area (Å²) in [5.74, 6) is 1.12. The van der Waals surface area contributed by atoms with Crippen LogP contribution in [0.1, 0.15) is 39.5 Å². The van der Waals surface area contributed by atoms with Gasteiger partial charge >= 0.3 is 12.1 Å². The van der Waals surface area contributed by atoms with Crippen molar-refractivity contribution in [1.29, 1.82) is 0 Å². The van der Waals surface area contributed by atoms with Crippen LogP contribution in [-0.4, -0.2) is 28.4 Å². The van der Waals surface area contributed by atoms with Gasteiger partial charge in [-0.15, -0.1) is 0 Å². The van der Waals surface area contributed by atoms with E-state index in [0.29, 0.717) is 17.8 Å². The van der Waals surface area contributed by atoms with Crippen LogP contribution in [0.2, 0.25) is 0 Å². The minimum absolute atomic E-state index is 0.206. The first-order valence-corrected chi connectivity index (χ1v) is 6.45. The van der Waals surface area contributed by atoms with Gasteiger partial charge in [0.1, 0.15) is 11.2 Å². The summed E-state index contributed by atoms with van der Waals surface area (Å²) in [5.41, 5.74) is -0.772. The number of hydrogen-bond donors (Lipinski definition) is 1. The summed E-state index contributed by atoms with van der Waals surface area (Å²) < 4.78 is 10.5. The lowest BCUT2D eigenvalue weighted by Gasteiger charge is -2.70. The maximum atomic E-state index is 11.1. The van der Waals surface area contributed by atoms with Gasteiger partial charge in [0, 0.05) is 12.8 Å². The van der Waals surface area contributed by atoms with Crippen molar-refractivity contribution in [3.63, 3.8) is 0 Å². The molecular weight excluding hydrogens is 236 g/mol. The molecule has 100 valence electrons. The van der Waals surface area contributed by atoms with Crippen LogP contribution >= 0.6 is 0 Å². The zero-order valence-electron chi connectivity index (χ0n) is 10.6. The first-order valence-electron chi connectivity index (χ1n) is 6.45. The highest BCUT2D eigenvalue weighted by atomic mass is 16.7. The number of ether oxygens (including phenoxy) is 2. The molecule has 3 rings (SSSR count). The minimum Gasteiger partial charge on any atom is -0.459 e. The molecule has 0 aliphatic heterocycles. The van der Waals surface area contributed by atoms with Gasteiger partial charge in [-0.1, -0.05) is 0 Å². The number of hydrogen-bond acceptors (Lipinski definition) is 4. The van der Waals surface area contributed by atoms with Gasteiger partial charge in [0.15, 0.2) is 0 Å². The molecule has 1 N–H and O–H groups in total. The summed E-state index contributed by atoms with van der Waals surface area (Å²) >= 11 is 0. The Morgan fingerprint density at radius 3 is 2.11 bits per heavy atom. The minimum atomic E-state index is -1.19. The standard InChI is InChI=1S/C13H18O5/c1-7(14)17-13-5-8-3-12(2,18-11(15)16)4-9(6-13)10(8)13/h8-10H,3-6H2,1-2H3,(H,15,16). The van der Waals surface area contributed by atoms with Crippen molar-refractivity contribution in [2.45, 2.75) is 50.7 Å². The molecule has 0 aromatic heterocycles. The molecule has 0 amide bonds. The molecule has 18 heavy (non-hydrogen) atoms. The normalized spacial score (nSPS) is 48.2. The van der Waals surface area contributed by atoms with E-state index in [1.807, 2.05) is 6.92 Å². The van der Waals surface area contributed by atoms with E-state index in [1.54, 1.807) is 0 Å². The Morgan fingerprint density at radius 1 is 1.11 bits per heavy atom. The first-order chi connectivity index (χ1) is 8.34. The summed E-state index contributed by atoms with van der Waals surface area (Å²) in [6, 6.07) is 0. The van der Waals surface area contributed by atoms with E-state index in [1.165, 1.54) is 6.92 Å². The molecule has 0 aromatic carbocycles. The van der Waals surface area contributed by atoms with Crippen LogP contribution in [0.25, 0.3) is 0 Å². The molecule has 5 heteroatoms. The summed E-state index contributed by atoms with van der Waals surface area (Å²) in [6.45, 7) is 3.33. The van der Waals surface area contributed by atoms with Gasteiger partial charge < -0.3 is 14.6 Å². The van der Waals surface area contributed by atoms with E-state index in [0.717, 1.165) is 25.7 Å². The molecular formula is C13H18O5. The molecule has 0 saturated heterocycles. The summed E-state index contributed by atoms with van der Waals surface area (Å²) in [6.07, 6.45) is 2.05. The average molecular weight is 254 g/mol. The smallest absolute Gasteiger partial charge is 0.459 e. The molecule has 3 fully saturated rings. The van der Waals surface area contributed by atoms with Crippen molar-refractivity contribution < 1.29 is 24.2 Å². The third-order valence-corrected chi connectivity index (χ3v) is 4.91. The number of carbonyl (C=O) groups excluding carboxylic acids is 1. The van der Waals surface area contributed by atoms with E-state index in [2.05, 4.69) is 0 Å². The van der Waals surface area contributed by atoms with Gasteiger partial charge in [0.05, 0.1) is 0 Å². The molecule has 0 heterocycles. The molecule has 0 aromatic rings. The Balaban J connectivity index is 1.68. The molecule has 2 atom stereocenters. The molecule has 3 saturated carbocycles. The van der Waals surface area contributed by atoms with E-state index < -0.39 is 11.8 Å². The monoisotopic (exact) mass is 254 g/mol. The lowest BCUT2D eigenvalue weighted by molar-refractivity contribution is -0.293. The van der Waals surface area contributed by atoms with Gasteiger partial charge in [-0.25, -0.2) is 4.79 Å². The predicted molar refractivity (Wildman–Crippen MR) is 60.9 cm³/mol. The fraction of sp³-hybridized carbons (Fsp3) is 0.846. The molecule has 3 aliphatic carbocycles. The predicted octanol–water partition coefficient (Wildman–Crippen LogP) is 2.19. The van der Waals surface area contributed by atoms with Crippen molar-refractivity contribution in [2.24, 2.45) is 17.8 Å². The van der Waals surface area contributed by atoms with Crippen LogP contribution in [0.3, 0.4) is 0 Å². The van der Waals surface area contributed by atoms with Crippen LogP contribution in [0, 0.1) is 17.8 Å². The maximum absolute atomic E-state index is 11.1. The Kier molecular flexibility index (Phi) is 2.23. The lowest BCUT2D eigenvalue weighted by atomic mass is 9.39. The lowest BCUT2D eigenvalue weighted by Crippen LogP contribution is -2.72. The molecule has 2 unspecified atom stereocenters. The van der Waals surface area contributed by atoms with E-state index >= 15 is 0 Å². The Labute approximate surface area is 105 Å². The Hall–Kier alpha value is -1.26. The van der Waals surface area contributed by atoms with Crippen LogP contribution in [-0.2, 0) is 14.3 Å². The van der Waals surface area contributed by atoms with Crippen LogP contribution in [0.15, 0.2) is 0 Å². The number of carbonyl (C=O) groups is 2. The average Bonchev–Trinajstić information content (AvgIpc) is 2.09. The SMILES string of the molecule is CC(=O)OC12CC3CC(C)(OC(=O)O)CC(C1)C32. The van der Waals surface area contributed by atoms with Crippen molar-refractivity contribution in [3.8, 4) is 0 Å². The Morgan fingerprint density at radius 2 is 1.67 bits per heavy atom. The maximum Gasteiger partial charge on any atom is 0.506 e. The molecule has 5 nitrogen and oxygen atoms in total. The second kappa shape index (κ2) is 3.39. The van der Waals surface area contributed by atoms with E-state index in [4.69, 9.17) is 14.6 Å². The zero-order chi connectivity index (χ0) is 13.1. The molecule has 0 radical (unpaired) electrons. The first kappa shape index (κ1) is 11.8.